The molecule has 0 aromatic carbocycles. The van der Waals surface area contributed by atoms with E-state index in [1.54, 1.807) is 12.3 Å². The number of rotatable bonds is 6. The molecule has 2 heterocycles. The van der Waals surface area contributed by atoms with Gasteiger partial charge in [0.2, 0.25) is 0 Å². The van der Waals surface area contributed by atoms with Crippen LogP contribution in [-0.2, 0) is 9.53 Å². The number of carbonyl (C=O) groups excluding carboxylic acids is 2. The van der Waals surface area contributed by atoms with Crippen LogP contribution in [0.15, 0.2) is 18.3 Å². The van der Waals surface area contributed by atoms with Crippen LogP contribution < -0.4 is 5.32 Å². The van der Waals surface area contributed by atoms with Crippen molar-refractivity contribution in [1.29, 1.82) is 0 Å². The molecule has 2 aromatic rings. The van der Waals surface area contributed by atoms with Crippen LogP contribution in [0.1, 0.15) is 34.5 Å². The van der Waals surface area contributed by atoms with Gasteiger partial charge in [-0.05, 0) is 43.4 Å². The van der Waals surface area contributed by atoms with Gasteiger partial charge in [0.15, 0.2) is 0 Å². The highest BCUT2D eigenvalue weighted by atomic mass is 32.1. The summed E-state index contributed by atoms with van der Waals surface area (Å²) in [6.07, 6.45) is 4.26. The predicted octanol–water partition coefficient (Wildman–Crippen LogP) is 2.68. The van der Waals surface area contributed by atoms with Gasteiger partial charge < -0.3 is 10.1 Å². The Morgan fingerprint density at radius 2 is 2.27 bits per heavy atom. The summed E-state index contributed by atoms with van der Waals surface area (Å²) < 4.78 is 6.14. The van der Waals surface area contributed by atoms with Gasteiger partial charge in [-0.25, -0.2) is 0 Å². The zero-order valence-electron chi connectivity index (χ0n) is 12.4. The number of hydrogen-bond acceptors (Lipinski definition) is 5. The topological polar surface area (TPSA) is 68.3 Å². The van der Waals surface area contributed by atoms with Crippen LogP contribution in [0.25, 0.3) is 10.2 Å². The lowest BCUT2D eigenvalue weighted by atomic mass is 10.2. The van der Waals surface area contributed by atoms with E-state index in [4.69, 9.17) is 4.74 Å². The first kappa shape index (κ1) is 15.0. The van der Waals surface area contributed by atoms with Crippen LogP contribution in [0.4, 0.5) is 0 Å². The maximum absolute atomic E-state index is 12.1. The molecule has 5 nitrogen and oxygen atoms in total. The van der Waals surface area contributed by atoms with Crippen molar-refractivity contribution in [3.63, 3.8) is 0 Å². The summed E-state index contributed by atoms with van der Waals surface area (Å²) in [5.41, 5.74) is 1.94. The second-order valence-corrected chi connectivity index (χ2v) is 6.64. The number of hydrogen-bond donors (Lipinski definition) is 1. The van der Waals surface area contributed by atoms with Crippen molar-refractivity contribution in [1.82, 2.24) is 10.3 Å². The molecule has 1 aliphatic rings. The molecule has 6 heteroatoms. The zero-order valence-corrected chi connectivity index (χ0v) is 13.2. The van der Waals surface area contributed by atoms with Crippen molar-refractivity contribution in [3.8, 4) is 0 Å². The average Bonchev–Trinajstić information content (AvgIpc) is 3.22. The van der Waals surface area contributed by atoms with E-state index in [9.17, 15) is 9.59 Å². The number of pyridine rings is 1. The lowest BCUT2D eigenvalue weighted by Crippen LogP contribution is -2.26. The number of thiophene rings is 1. The first-order valence-electron chi connectivity index (χ1n) is 7.42. The van der Waals surface area contributed by atoms with Crippen LogP contribution in [-0.4, -0.2) is 30.0 Å². The number of nitrogens with one attached hydrogen (secondary N) is 1. The summed E-state index contributed by atoms with van der Waals surface area (Å²) in [5, 5.41) is 2.76. The normalized spacial score (nSPS) is 14.0. The minimum absolute atomic E-state index is 0.169. The molecule has 3 rings (SSSR count). The molecule has 2 aromatic heterocycles. The van der Waals surface area contributed by atoms with Crippen molar-refractivity contribution in [2.24, 2.45) is 5.92 Å². The fourth-order valence-corrected chi connectivity index (χ4v) is 3.11. The Labute approximate surface area is 132 Å². The van der Waals surface area contributed by atoms with Crippen molar-refractivity contribution in [2.45, 2.75) is 26.2 Å². The van der Waals surface area contributed by atoms with Gasteiger partial charge in [-0.15, -0.1) is 11.3 Å². The quantitative estimate of drug-likeness (QED) is 0.832. The van der Waals surface area contributed by atoms with Crippen LogP contribution in [0.2, 0.25) is 0 Å². The Balaban J connectivity index is 1.50. The molecule has 0 bridgehead atoms. The predicted molar refractivity (Wildman–Crippen MR) is 85.0 cm³/mol. The number of ether oxygens (including phenoxy) is 1. The average molecular weight is 318 g/mol. The highest BCUT2D eigenvalue weighted by Gasteiger charge is 2.22. The number of amides is 1. The summed E-state index contributed by atoms with van der Waals surface area (Å²) in [6.45, 7) is 2.81. The minimum atomic E-state index is -0.249. The molecule has 0 radical (unpaired) electrons. The summed E-state index contributed by atoms with van der Waals surface area (Å²) in [6, 6.07) is 3.71. The molecule has 1 saturated carbocycles. The molecule has 116 valence electrons. The maximum Gasteiger partial charge on any atom is 0.307 e. The van der Waals surface area contributed by atoms with Gasteiger partial charge in [-0.1, -0.05) is 0 Å². The number of nitrogens with zero attached hydrogens (tertiary/aromatic N) is 1. The maximum atomic E-state index is 12.1. The standard InChI is InChI=1S/C16H18N2O3S/c1-10-4-6-17-12-8-13(22-15(10)12)16(20)18-7-5-14(19)21-9-11-2-3-11/h4,6,8,11H,2-3,5,7,9H2,1H3,(H,18,20). The summed E-state index contributed by atoms with van der Waals surface area (Å²) in [7, 11) is 0. The second-order valence-electron chi connectivity index (χ2n) is 5.59. The molecule has 1 fully saturated rings. The molecular formula is C16H18N2O3S. The van der Waals surface area contributed by atoms with E-state index in [0.717, 1.165) is 28.6 Å². The van der Waals surface area contributed by atoms with E-state index in [2.05, 4.69) is 10.3 Å². The molecule has 1 aliphatic carbocycles. The Morgan fingerprint density at radius 1 is 1.45 bits per heavy atom. The number of esters is 1. The van der Waals surface area contributed by atoms with Gasteiger partial charge in [0.05, 0.1) is 28.1 Å². The van der Waals surface area contributed by atoms with Crippen molar-refractivity contribution in [2.75, 3.05) is 13.2 Å². The smallest absolute Gasteiger partial charge is 0.307 e. The number of aromatic nitrogens is 1. The molecular weight excluding hydrogens is 300 g/mol. The molecule has 0 spiro atoms. The van der Waals surface area contributed by atoms with Gasteiger partial charge in [0.1, 0.15) is 0 Å². The molecule has 0 atom stereocenters. The largest absolute Gasteiger partial charge is 0.465 e. The van der Waals surface area contributed by atoms with Crippen LogP contribution in [0.5, 0.6) is 0 Å². The third-order valence-electron chi connectivity index (χ3n) is 3.62. The van der Waals surface area contributed by atoms with Gasteiger partial charge in [0, 0.05) is 12.7 Å². The fraction of sp³-hybridized carbons (Fsp3) is 0.438. The van der Waals surface area contributed by atoms with Crippen LogP contribution in [0.3, 0.4) is 0 Å². The summed E-state index contributed by atoms with van der Waals surface area (Å²) >= 11 is 1.42. The molecule has 0 unspecified atom stereocenters. The zero-order chi connectivity index (χ0) is 15.5. The highest BCUT2D eigenvalue weighted by molar-refractivity contribution is 7.20. The van der Waals surface area contributed by atoms with E-state index in [1.165, 1.54) is 11.3 Å². The van der Waals surface area contributed by atoms with E-state index in [1.807, 2.05) is 13.0 Å². The van der Waals surface area contributed by atoms with Gasteiger partial charge in [0.25, 0.3) is 5.91 Å². The van der Waals surface area contributed by atoms with E-state index >= 15 is 0 Å². The molecule has 0 aliphatic heterocycles. The Kier molecular flexibility index (Phi) is 4.38. The molecule has 22 heavy (non-hydrogen) atoms. The van der Waals surface area contributed by atoms with Crippen LogP contribution in [0, 0.1) is 12.8 Å². The van der Waals surface area contributed by atoms with Gasteiger partial charge >= 0.3 is 5.97 Å². The van der Waals surface area contributed by atoms with E-state index in [-0.39, 0.29) is 18.3 Å². The monoisotopic (exact) mass is 318 g/mol. The molecule has 1 amide bonds. The Bertz CT molecular complexity index is 706. The number of fused-ring (bicyclic) bond motifs is 1. The van der Waals surface area contributed by atoms with Gasteiger partial charge in [-0.2, -0.15) is 0 Å². The highest BCUT2D eigenvalue weighted by Crippen LogP contribution is 2.29. The lowest BCUT2D eigenvalue weighted by Gasteiger charge is -2.04. The number of aryl methyl sites for hydroxylation is 1. The third-order valence-corrected chi connectivity index (χ3v) is 4.88. The molecule has 1 N–H and O–H groups in total. The summed E-state index contributed by atoms with van der Waals surface area (Å²) in [5.74, 6) is 0.145. The second kappa shape index (κ2) is 6.44. The lowest BCUT2D eigenvalue weighted by molar-refractivity contribution is -0.143. The Hall–Kier alpha value is -1.95. The van der Waals surface area contributed by atoms with Crippen molar-refractivity contribution >= 4 is 33.4 Å². The fourth-order valence-electron chi connectivity index (χ4n) is 2.11. The van der Waals surface area contributed by atoms with E-state index < -0.39 is 0 Å². The number of carbonyl (C=O) groups is 2. The first-order valence-corrected chi connectivity index (χ1v) is 8.24. The first-order chi connectivity index (χ1) is 10.6. The van der Waals surface area contributed by atoms with E-state index in [0.29, 0.717) is 23.9 Å². The van der Waals surface area contributed by atoms with Crippen LogP contribution >= 0.6 is 11.3 Å². The van der Waals surface area contributed by atoms with Crippen molar-refractivity contribution < 1.29 is 14.3 Å². The SMILES string of the molecule is Cc1ccnc2cc(C(=O)NCCC(=O)OCC3CC3)sc12. The summed E-state index contributed by atoms with van der Waals surface area (Å²) in [4.78, 5) is 28.5. The van der Waals surface area contributed by atoms with Gasteiger partial charge in [-0.3, -0.25) is 14.6 Å². The molecule has 0 saturated heterocycles. The minimum Gasteiger partial charge on any atom is -0.465 e. The third kappa shape index (κ3) is 3.62. The Morgan fingerprint density at radius 3 is 3.00 bits per heavy atom. The van der Waals surface area contributed by atoms with Crippen molar-refractivity contribution in [3.05, 3.63) is 28.8 Å².